The van der Waals surface area contributed by atoms with Crippen LogP contribution in [0, 0.1) is 6.92 Å². The van der Waals surface area contributed by atoms with Crippen LogP contribution >= 0.6 is 0 Å². The van der Waals surface area contributed by atoms with Crippen LogP contribution in [-0.2, 0) is 14.8 Å². The van der Waals surface area contributed by atoms with E-state index < -0.39 is 16.1 Å². The molecule has 0 saturated carbocycles. The molecule has 1 heterocycles. The van der Waals surface area contributed by atoms with Gasteiger partial charge in [0.25, 0.3) is 5.91 Å². The lowest BCUT2D eigenvalue weighted by atomic mass is 10.2. The van der Waals surface area contributed by atoms with Crippen LogP contribution in [0.2, 0.25) is 0 Å². The van der Waals surface area contributed by atoms with Crippen molar-refractivity contribution in [3.8, 4) is 5.75 Å². The van der Waals surface area contributed by atoms with Crippen molar-refractivity contribution >= 4 is 21.6 Å². The van der Waals surface area contributed by atoms with E-state index in [2.05, 4.69) is 5.32 Å². The number of hydrogen-bond donors (Lipinski definition) is 1. The summed E-state index contributed by atoms with van der Waals surface area (Å²) in [5, 5.41) is 2.77. The van der Waals surface area contributed by atoms with Gasteiger partial charge in [0.15, 0.2) is 6.10 Å². The van der Waals surface area contributed by atoms with E-state index in [1.54, 1.807) is 19.1 Å². The minimum Gasteiger partial charge on any atom is -0.481 e. The van der Waals surface area contributed by atoms with E-state index in [1.807, 2.05) is 31.2 Å². The second kappa shape index (κ2) is 8.75. The first-order chi connectivity index (χ1) is 13.4. The number of aryl methyl sites for hydroxylation is 1. The van der Waals surface area contributed by atoms with Crippen LogP contribution in [0.25, 0.3) is 0 Å². The average molecular weight is 403 g/mol. The molecule has 1 N–H and O–H groups in total. The molecule has 0 radical (unpaired) electrons. The molecule has 0 aromatic heterocycles. The van der Waals surface area contributed by atoms with E-state index in [0.717, 1.165) is 24.8 Å². The van der Waals surface area contributed by atoms with Crippen molar-refractivity contribution in [2.75, 3.05) is 18.4 Å². The Balaban J connectivity index is 1.63. The van der Waals surface area contributed by atoms with Crippen LogP contribution in [0.3, 0.4) is 0 Å². The summed E-state index contributed by atoms with van der Waals surface area (Å²) >= 11 is 0. The molecule has 3 rings (SSSR count). The second-order valence-corrected chi connectivity index (χ2v) is 8.94. The Morgan fingerprint density at radius 2 is 1.68 bits per heavy atom. The molecule has 1 amide bonds. The van der Waals surface area contributed by atoms with Gasteiger partial charge < -0.3 is 10.1 Å². The number of anilines is 1. The van der Waals surface area contributed by atoms with Gasteiger partial charge in [0, 0.05) is 18.8 Å². The maximum Gasteiger partial charge on any atom is 0.265 e. The van der Waals surface area contributed by atoms with E-state index in [4.69, 9.17) is 4.74 Å². The van der Waals surface area contributed by atoms with Gasteiger partial charge in [-0.3, -0.25) is 4.79 Å². The first-order valence-corrected chi connectivity index (χ1v) is 11.0. The lowest BCUT2D eigenvalue weighted by molar-refractivity contribution is -0.122. The SMILES string of the molecule is Cc1ccccc1O[C@H](C)C(=O)Nc1ccc(S(=O)(=O)N2CCCCC2)cc1. The van der Waals surface area contributed by atoms with Crippen molar-refractivity contribution in [3.05, 3.63) is 54.1 Å². The van der Waals surface area contributed by atoms with Gasteiger partial charge in [-0.25, -0.2) is 8.42 Å². The number of rotatable bonds is 6. The molecule has 1 aliphatic heterocycles. The topological polar surface area (TPSA) is 75.7 Å². The fourth-order valence-electron chi connectivity index (χ4n) is 3.14. The van der Waals surface area contributed by atoms with Gasteiger partial charge in [0.2, 0.25) is 10.0 Å². The third kappa shape index (κ3) is 4.72. The number of benzene rings is 2. The molecule has 2 aromatic rings. The summed E-state index contributed by atoms with van der Waals surface area (Å²) in [5.74, 6) is 0.364. The predicted octanol–water partition coefficient (Wildman–Crippen LogP) is 3.58. The number of para-hydroxylation sites is 1. The smallest absolute Gasteiger partial charge is 0.265 e. The number of sulfonamides is 1. The van der Waals surface area contributed by atoms with Gasteiger partial charge in [0.1, 0.15) is 5.75 Å². The van der Waals surface area contributed by atoms with Crippen molar-refractivity contribution in [3.63, 3.8) is 0 Å². The molecule has 0 spiro atoms. The maximum atomic E-state index is 12.7. The average Bonchev–Trinajstić information content (AvgIpc) is 2.70. The third-order valence-electron chi connectivity index (χ3n) is 4.84. The fraction of sp³-hybridized carbons (Fsp3) is 0.381. The Bertz CT molecular complexity index is 920. The normalized spacial score (nSPS) is 16.4. The fourth-order valence-corrected chi connectivity index (χ4v) is 4.66. The van der Waals surface area contributed by atoms with Crippen molar-refractivity contribution in [2.45, 2.75) is 44.1 Å². The van der Waals surface area contributed by atoms with Crippen molar-refractivity contribution in [2.24, 2.45) is 0 Å². The quantitative estimate of drug-likeness (QED) is 0.801. The van der Waals surface area contributed by atoms with E-state index in [0.29, 0.717) is 24.5 Å². The zero-order valence-corrected chi connectivity index (χ0v) is 17.0. The highest BCUT2D eigenvalue weighted by Gasteiger charge is 2.25. The van der Waals surface area contributed by atoms with Crippen LogP contribution in [0.15, 0.2) is 53.4 Å². The molecule has 7 heteroatoms. The molecule has 0 aliphatic carbocycles. The summed E-state index contributed by atoms with van der Waals surface area (Å²) in [4.78, 5) is 12.6. The zero-order chi connectivity index (χ0) is 20.1. The van der Waals surface area contributed by atoms with Crippen LogP contribution in [0.1, 0.15) is 31.7 Å². The largest absolute Gasteiger partial charge is 0.481 e. The summed E-state index contributed by atoms with van der Waals surface area (Å²) < 4.78 is 32.6. The first-order valence-electron chi connectivity index (χ1n) is 9.51. The van der Waals surface area contributed by atoms with E-state index in [1.165, 1.54) is 16.4 Å². The molecule has 1 saturated heterocycles. The van der Waals surface area contributed by atoms with Gasteiger partial charge in [-0.1, -0.05) is 24.6 Å². The highest BCUT2D eigenvalue weighted by atomic mass is 32.2. The molecule has 28 heavy (non-hydrogen) atoms. The van der Waals surface area contributed by atoms with Gasteiger partial charge in [-0.2, -0.15) is 4.31 Å². The standard InChI is InChI=1S/C21H26N2O4S/c1-16-8-4-5-9-20(16)27-17(2)21(24)22-18-10-12-19(13-11-18)28(25,26)23-14-6-3-7-15-23/h4-5,8-13,17H,3,6-7,14-15H2,1-2H3,(H,22,24)/t17-/m1/s1. The van der Waals surface area contributed by atoms with Gasteiger partial charge in [0.05, 0.1) is 4.90 Å². The lowest BCUT2D eigenvalue weighted by Crippen LogP contribution is -2.35. The molecule has 2 aromatic carbocycles. The minimum atomic E-state index is -3.47. The highest BCUT2D eigenvalue weighted by Crippen LogP contribution is 2.22. The van der Waals surface area contributed by atoms with E-state index in [-0.39, 0.29) is 10.8 Å². The van der Waals surface area contributed by atoms with Crippen molar-refractivity contribution in [1.29, 1.82) is 0 Å². The zero-order valence-electron chi connectivity index (χ0n) is 16.2. The number of nitrogens with zero attached hydrogens (tertiary/aromatic N) is 1. The molecule has 1 aliphatic rings. The molecule has 0 bridgehead atoms. The molecular formula is C21H26N2O4S. The Kier molecular flexibility index (Phi) is 6.36. The lowest BCUT2D eigenvalue weighted by Gasteiger charge is -2.25. The Morgan fingerprint density at radius 1 is 1.04 bits per heavy atom. The van der Waals surface area contributed by atoms with E-state index >= 15 is 0 Å². The predicted molar refractivity (Wildman–Crippen MR) is 109 cm³/mol. The molecule has 1 fully saturated rings. The van der Waals surface area contributed by atoms with Crippen molar-refractivity contribution in [1.82, 2.24) is 4.31 Å². The Hall–Kier alpha value is -2.38. The monoisotopic (exact) mass is 402 g/mol. The van der Waals surface area contributed by atoms with Crippen LogP contribution in [0.5, 0.6) is 5.75 Å². The Morgan fingerprint density at radius 3 is 2.32 bits per heavy atom. The first kappa shape index (κ1) is 20.4. The summed E-state index contributed by atoms with van der Waals surface area (Å²) in [6.07, 6.45) is 2.18. The van der Waals surface area contributed by atoms with Crippen LogP contribution < -0.4 is 10.1 Å². The van der Waals surface area contributed by atoms with Crippen LogP contribution in [-0.4, -0.2) is 37.8 Å². The molecular weight excluding hydrogens is 376 g/mol. The maximum absolute atomic E-state index is 12.7. The molecule has 6 nitrogen and oxygen atoms in total. The highest BCUT2D eigenvalue weighted by molar-refractivity contribution is 7.89. The summed E-state index contributed by atoms with van der Waals surface area (Å²) in [6, 6.07) is 13.8. The number of hydrogen-bond acceptors (Lipinski definition) is 4. The van der Waals surface area contributed by atoms with Gasteiger partial charge in [-0.05, 0) is 62.6 Å². The summed E-state index contributed by atoms with van der Waals surface area (Å²) in [5.41, 5.74) is 1.48. The number of ether oxygens (including phenoxy) is 1. The van der Waals surface area contributed by atoms with Gasteiger partial charge >= 0.3 is 0 Å². The van der Waals surface area contributed by atoms with Crippen LogP contribution in [0.4, 0.5) is 5.69 Å². The number of nitrogens with one attached hydrogen (secondary N) is 1. The number of piperidine rings is 1. The third-order valence-corrected chi connectivity index (χ3v) is 6.75. The molecule has 1 atom stereocenters. The molecule has 0 unspecified atom stereocenters. The van der Waals surface area contributed by atoms with E-state index in [9.17, 15) is 13.2 Å². The minimum absolute atomic E-state index is 0.247. The second-order valence-electron chi connectivity index (χ2n) is 7.00. The Labute approximate surface area is 166 Å². The van der Waals surface area contributed by atoms with Crippen molar-refractivity contribution < 1.29 is 17.9 Å². The summed E-state index contributed by atoms with van der Waals surface area (Å²) in [6.45, 7) is 4.72. The summed E-state index contributed by atoms with van der Waals surface area (Å²) in [7, 11) is -3.47. The molecule has 150 valence electrons. The van der Waals surface area contributed by atoms with Gasteiger partial charge in [-0.15, -0.1) is 0 Å². The number of carbonyl (C=O) groups excluding carboxylic acids is 1. The number of carbonyl (C=O) groups is 1. The number of amides is 1.